The fourth-order valence-corrected chi connectivity index (χ4v) is 3.18. The topological polar surface area (TPSA) is 57.0 Å². The molecule has 0 saturated carbocycles. The molecular formula is C22H22F3N3O2. The Kier molecular flexibility index (Phi) is 6.24. The molecular weight excluding hydrogens is 395 g/mol. The van der Waals surface area contributed by atoms with Crippen LogP contribution in [0, 0.1) is 0 Å². The average Bonchev–Trinajstić information content (AvgIpc) is 3.09. The molecule has 0 N–H and O–H groups in total. The molecule has 1 unspecified atom stereocenters. The smallest absolute Gasteiger partial charge is 0.416 e. The second kappa shape index (κ2) is 8.69. The minimum Gasteiger partial charge on any atom is -0.465 e. The number of hydrogen-bond acceptors (Lipinski definition) is 4. The van der Waals surface area contributed by atoms with Gasteiger partial charge in [0.25, 0.3) is 0 Å². The zero-order chi connectivity index (χ0) is 21.9. The standard InChI is InChI=1S/C22H22F3N3O2/c1-4-30-21(29)14(2)20-26-19(27-28(20)3)18-8-6-5-7-16(18)13-15-9-11-17(12-10-15)22(23,24)25/h5-12,14H,4,13H2,1-3H3. The molecule has 30 heavy (non-hydrogen) atoms. The molecule has 0 radical (unpaired) electrons. The van der Waals surface area contributed by atoms with Gasteiger partial charge in [-0.2, -0.15) is 18.3 Å². The first kappa shape index (κ1) is 21.5. The number of carbonyl (C=O) groups excluding carboxylic acids is 1. The quantitative estimate of drug-likeness (QED) is 0.543. The fourth-order valence-electron chi connectivity index (χ4n) is 3.18. The van der Waals surface area contributed by atoms with Crippen molar-refractivity contribution in [3.05, 3.63) is 71.0 Å². The van der Waals surface area contributed by atoms with Crippen LogP contribution in [-0.2, 0) is 29.2 Å². The van der Waals surface area contributed by atoms with E-state index in [1.807, 2.05) is 24.3 Å². The first-order valence-electron chi connectivity index (χ1n) is 9.52. The number of halogens is 3. The second-order valence-corrected chi connectivity index (χ2v) is 6.92. The number of benzene rings is 2. The molecule has 3 rings (SSSR count). The number of nitrogens with zero attached hydrogens (tertiary/aromatic N) is 3. The monoisotopic (exact) mass is 417 g/mol. The number of carbonyl (C=O) groups is 1. The summed E-state index contributed by atoms with van der Waals surface area (Å²) in [4.78, 5) is 16.6. The first-order chi connectivity index (χ1) is 14.2. The van der Waals surface area contributed by atoms with Crippen molar-refractivity contribution in [2.75, 3.05) is 6.61 Å². The van der Waals surface area contributed by atoms with Crippen molar-refractivity contribution in [2.24, 2.45) is 7.05 Å². The van der Waals surface area contributed by atoms with E-state index in [0.717, 1.165) is 28.8 Å². The second-order valence-electron chi connectivity index (χ2n) is 6.92. The third-order valence-corrected chi connectivity index (χ3v) is 4.76. The van der Waals surface area contributed by atoms with Gasteiger partial charge in [0.15, 0.2) is 5.82 Å². The first-order valence-corrected chi connectivity index (χ1v) is 9.52. The van der Waals surface area contributed by atoms with Gasteiger partial charge in [-0.3, -0.25) is 9.48 Å². The number of rotatable bonds is 6. The van der Waals surface area contributed by atoms with Gasteiger partial charge in [0.2, 0.25) is 0 Å². The van der Waals surface area contributed by atoms with E-state index in [1.165, 1.54) is 12.1 Å². The normalized spacial score (nSPS) is 12.6. The summed E-state index contributed by atoms with van der Waals surface area (Å²) < 4.78 is 45.0. The van der Waals surface area contributed by atoms with Gasteiger partial charge in [0.05, 0.1) is 12.2 Å². The molecule has 3 aromatic rings. The van der Waals surface area contributed by atoms with Crippen LogP contribution in [-0.4, -0.2) is 27.3 Å². The minimum atomic E-state index is -4.36. The number of ether oxygens (including phenoxy) is 1. The Balaban J connectivity index is 1.89. The summed E-state index contributed by atoms with van der Waals surface area (Å²) >= 11 is 0. The molecule has 1 atom stereocenters. The highest BCUT2D eigenvalue weighted by Gasteiger charge is 2.30. The van der Waals surface area contributed by atoms with E-state index in [4.69, 9.17) is 4.74 Å². The summed E-state index contributed by atoms with van der Waals surface area (Å²) in [5.41, 5.74) is 1.70. The Bertz CT molecular complexity index is 1030. The van der Waals surface area contributed by atoms with E-state index in [2.05, 4.69) is 10.1 Å². The summed E-state index contributed by atoms with van der Waals surface area (Å²) in [6.07, 6.45) is -3.93. The lowest BCUT2D eigenvalue weighted by Gasteiger charge is -2.10. The molecule has 0 amide bonds. The van der Waals surface area contributed by atoms with Crippen molar-refractivity contribution < 1.29 is 22.7 Å². The van der Waals surface area contributed by atoms with Gasteiger partial charge in [-0.1, -0.05) is 36.4 Å². The third kappa shape index (κ3) is 4.69. The summed E-state index contributed by atoms with van der Waals surface area (Å²) in [5, 5.41) is 4.44. The van der Waals surface area contributed by atoms with E-state index in [9.17, 15) is 18.0 Å². The molecule has 0 saturated heterocycles. The Hall–Kier alpha value is -3.16. The number of hydrogen-bond donors (Lipinski definition) is 0. The Morgan fingerprint density at radius 3 is 2.43 bits per heavy atom. The van der Waals surface area contributed by atoms with Crippen LogP contribution in [0.2, 0.25) is 0 Å². The minimum absolute atomic E-state index is 0.282. The van der Waals surface area contributed by atoms with Crippen LogP contribution in [0.4, 0.5) is 13.2 Å². The van der Waals surface area contributed by atoms with Crippen molar-refractivity contribution in [3.63, 3.8) is 0 Å². The Labute approximate surface area is 172 Å². The van der Waals surface area contributed by atoms with Gasteiger partial charge in [-0.05, 0) is 43.5 Å². The van der Waals surface area contributed by atoms with Crippen LogP contribution in [0.1, 0.15) is 42.3 Å². The molecule has 0 aliphatic rings. The van der Waals surface area contributed by atoms with E-state index in [1.54, 1.807) is 25.6 Å². The molecule has 1 heterocycles. The van der Waals surface area contributed by atoms with Crippen molar-refractivity contribution in [3.8, 4) is 11.4 Å². The van der Waals surface area contributed by atoms with Crippen LogP contribution in [0.3, 0.4) is 0 Å². The zero-order valence-electron chi connectivity index (χ0n) is 16.9. The number of alkyl halides is 3. The van der Waals surface area contributed by atoms with Crippen LogP contribution >= 0.6 is 0 Å². The van der Waals surface area contributed by atoms with Gasteiger partial charge in [-0.15, -0.1) is 0 Å². The highest BCUT2D eigenvalue weighted by Crippen LogP contribution is 2.30. The van der Waals surface area contributed by atoms with Crippen LogP contribution in [0.15, 0.2) is 48.5 Å². The van der Waals surface area contributed by atoms with Gasteiger partial charge in [-0.25, -0.2) is 4.98 Å². The molecule has 2 aromatic carbocycles. The molecule has 0 aliphatic carbocycles. The lowest BCUT2D eigenvalue weighted by molar-refractivity contribution is -0.144. The van der Waals surface area contributed by atoms with Gasteiger partial charge < -0.3 is 4.74 Å². The van der Waals surface area contributed by atoms with Crippen LogP contribution in [0.25, 0.3) is 11.4 Å². The van der Waals surface area contributed by atoms with E-state index >= 15 is 0 Å². The maximum Gasteiger partial charge on any atom is 0.416 e. The molecule has 0 spiro atoms. The molecule has 0 fully saturated rings. The van der Waals surface area contributed by atoms with E-state index in [-0.39, 0.29) is 12.6 Å². The maximum atomic E-state index is 12.8. The summed E-state index contributed by atoms with van der Waals surface area (Å²) in [6, 6.07) is 12.5. The van der Waals surface area contributed by atoms with Crippen molar-refractivity contribution >= 4 is 5.97 Å². The highest BCUT2D eigenvalue weighted by atomic mass is 19.4. The summed E-state index contributed by atoms with van der Waals surface area (Å²) in [7, 11) is 1.71. The molecule has 0 aliphatic heterocycles. The third-order valence-electron chi connectivity index (χ3n) is 4.76. The van der Waals surface area contributed by atoms with E-state index in [0.29, 0.717) is 18.1 Å². The van der Waals surface area contributed by atoms with Gasteiger partial charge in [0, 0.05) is 12.6 Å². The van der Waals surface area contributed by atoms with Crippen LogP contribution < -0.4 is 0 Å². The lowest BCUT2D eigenvalue weighted by atomic mass is 9.98. The van der Waals surface area contributed by atoms with Gasteiger partial charge in [0.1, 0.15) is 11.7 Å². The summed E-state index contributed by atoms with van der Waals surface area (Å²) in [5.74, 6) is -0.0187. The maximum absolute atomic E-state index is 12.8. The molecule has 158 valence electrons. The molecule has 8 heteroatoms. The zero-order valence-corrected chi connectivity index (χ0v) is 16.9. The Morgan fingerprint density at radius 2 is 1.80 bits per heavy atom. The highest BCUT2D eigenvalue weighted by molar-refractivity contribution is 5.76. The van der Waals surface area contributed by atoms with Crippen molar-refractivity contribution in [2.45, 2.75) is 32.4 Å². The number of aromatic nitrogens is 3. The fraction of sp³-hybridized carbons (Fsp3) is 0.318. The lowest BCUT2D eigenvalue weighted by Crippen LogP contribution is -2.16. The van der Waals surface area contributed by atoms with Crippen molar-refractivity contribution in [1.82, 2.24) is 14.8 Å². The van der Waals surface area contributed by atoms with Crippen LogP contribution in [0.5, 0.6) is 0 Å². The number of esters is 1. The number of aryl methyl sites for hydroxylation is 1. The van der Waals surface area contributed by atoms with Crippen molar-refractivity contribution in [1.29, 1.82) is 0 Å². The largest absolute Gasteiger partial charge is 0.465 e. The molecule has 1 aromatic heterocycles. The van der Waals surface area contributed by atoms with E-state index < -0.39 is 17.7 Å². The Morgan fingerprint density at radius 1 is 1.13 bits per heavy atom. The average molecular weight is 417 g/mol. The predicted molar refractivity (Wildman–Crippen MR) is 106 cm³/mol. The SMILES string of the molecule is CCOC(=O)C(C)c1nc(-c2ccccc2Cc2ccc(C(F)(F)F)cc2)nn1C. The predicted octanol–water partition coefficient (Wildman–Crippen LogP) is 4.76. The van der Waals surface area contributed by atoms with Gasteiger partial charge >= 0.3 is 12.1 Å². The summed E-state index contributed by atoms with van der Waals surface area (Å²) in [6.45, 7) is 3.73. The molecule has 0 bridgehead atoms. The molecule has 5 nitrogen and oxygen atoms in total.